The van der Waals surface area contributed by atoms with E-state index in [-0.39, 0.29) is 5.91 Å². The van der Waals surface area contributed by atoms with Crippen LogP contribution in [0.1, 0.15) is 17.9 Å². The standard InChI is InChI=1S/C24H29N5O.C2H2O4/c25-24(30)17-29-16-19(21-3-1-2-4-23(21)29)8-10-27-11-13-28(14-12-27)20-5-6-22-18(15-20)7-9-26-22;3-1(4)2(5)6/h1-7,9,15,19,26H,8,10-14,16-17H2,(H2,25,30);(H,3,4)(H,5,6). The van der Waals surface area contributed by atoms with Crippen LogP contribution in [0.15, 0.2) is 54.7 Å². The van der Waals surface area contributed by atoms with Gasteiger partial charge in [-0.1, -0.05) is 18.2 Å². The summed E-state index contributed by atoms with van der Waals surface area (Å²) in [5.41, 5.74) is 10.5. The summed E-state index contributed by atoms with van der Waals surface area (Å²) in [5, 5.41) is 16.1. The molecule has 1 unspecified atom stereocenters. The lowest BCUT2D eigenvalue weighted by Crippen LogP contribution is -2.46. The highest BCUT2D eigenvalue weighted by Gasteiger charge is 2.29. The first kappa shape index (κ1) is 25.1. The number of piperazine rings is 1. The van der Waals surface area contributed by atoms with E-state index in [2.05, 4.69) is 62.1 Å². The molecule has 3 heterocycles. The fraction of sp³-hybridized carbons (Fsp3) is 0.346. The zero-order valence-corrected chi connectivity index (χ0v) is 20.0. The summed E-state index contributed by atoms with van der Waals surface area (Å²) >= 11 is 0. The number of hydrogen-bond donors (Lipinski definition) is 4. The highest BCUT2D eigenvalue weighted by atomic mass is 16.4. The van der Waals surface area contributed by atoms with Gasteiger partial charge in [0.15, 0.2) is 0 Å². The van der Waals surface area contributed by atoms with Crippen LogP contribution in [-0.4, -0.2) is 83.8 Å². The van der Waals surface area contributed by atoms with Gasteiger partial charge in [0.1, 0.15) is 0 Å². The third kappa shape index (κ3) is 5.95. The highest BCUT2D eigenvalue weighted by molar-refractivity contribution is 6.27. The van der Waals surface area contributed by atoms with Crippen LogP contribution in [0.25, 0.3) is 10.9 Å². The van der Waals surface area contributed by atoms with Gasteiger partial charge in [-0.3, -0.25) is 9.69 Å². The maximum Gasteiger partial charge on any atom is 0.414 e. The second-order valence-electron chi connectivity index (χ2n) is 9.08. The molecule has 1 aromatic heterocycles. The lowest BCUT2D eigenvalue weighted by atomic mass is 9.97. The molecule has 2 aliphatic rings. The Morgan fingerprint density at radius 3 is 2.39 bits per heavy atom. The molecule has 2 aromatic carbocycles. The van der Waals surface area contributed by atoms with E-state index in [1.807, 2.05) is 12.3 Å². The Balaban J connectivity index is 0.000000455. The molecule has 10 heteroatoms. The number of nitrogens with zero attached hydrogens (tertiary/aromatic N) is 3. The number of primary amides is 1. The van der Waals surface area contributed by atoms with E-state index in [0.29, 0.717) is 12.5 Å². The minimum atomic E-state index is -1.82. The molecule has 0 spiro atoms. The predicted molar refractivity (Wildman–Crippen MR) is 137 cm³/mol. The van der Waals surface area contributed by atoms with E-state index >= 15 is 0 Å². The van der Waals surface area contributed by atoms with Gasteiger partial charge in [0.2, 0.25) is 5.91 Å². The summed E-state index contributed by atoms with van der Waals surface area (Å²) in [4.78, 5) is 40.1. The number of benzene rings is 2. The summed E-state index contributed by atoms with van der Waals surface area (Å²) in [6.45, 7) is 6.58. The average Bonchev–Trinajstić information content (AvgIpc) is 3.47. The third-order valence-electron chi connectivity index (χ3n) is 6.76. The van der Waals surface area contributed by atoms with E-state index in [9.17, 15) is 4.79 Å². The summed E-state index contributed by atoms with van der Waals surface area (Å²) < 4.78 is 0. The summed E-state index contributed by atoms with van der Waals surface area (Å²) in [6, 6.07) is 17.3. The van der Waals surface area contributed by atoms with Gasteiger partial charge in [-0.15, -0.1) is 0 Å². The smallest absolute Gasteiger partial charge is 0.414 e. The van der Waals surface area contributed by atoms with Crippen LogP contribution < -0.4 is 15.5 Å². The van der Waals surface area contributed by atoms with Crippen molar-refractivity contribution >= 4 is 40.1 Å². The molecule has 1 saturated heterocycles. The number of amides is 1. The van der Waals surface area contributed by atoms with Gasteiger partial charge in [0, 0.05) is 67.1 Å². The number of carbonyl (C=O) groups is 3. The molecule has 0 radical (unpaired) electrons. The number of aromatic amines is 1. The molecular weight excluding hydrogens is 462 g/mol. The normalized spacial score (nSPS) is 17.4. The number of rotatable bonds is 6. The van der Waals surface area contributed by atoms with Crippen LogP contribution in [-0.2, 0) is 14.4 Å². The number of aliphatic carboxylic acids is 2. The minimum absolute atomic E-state index is 0.264. The van der Waals surface area contributed by atoms with Gasteiger partial charge in [0.25, 0.3) is 0 Å². The lowest BCUT2D eigenvalue weighted by Gasteiger charge is -2.36. The fourth-order valence-electron chi connectivity index (χ4n) is 4.97. The quantitative estimate of drug-likeness (QED) is 0.382. The van der Waals surface area contributed by atoms with E-state index in [0.717, 1.165) is 45.7 Å². The number of hydrogen-bond acceptors (Lipinski definition) is 6. The second-order valence-corrected chi connectivity index (χ2v) is 9.08. The maximum absolute atomic E-state index is 11.4. The van der Waals surface area contributed by atoms with Gasteiger partial charge >= 0.3 is 11.9 Å². The molecule has 5 rings (SSSR count). The molecule has 5 N–H and O–H groups in total. The van der Waals surface area contributed by atoms with Crippen molar-refractivity contribution < 1.29 is 24.6 Å². The van der Waals surface area contributed by atoms with Crippen molar-refractivity contribution in [1.29, 1.82) is 0 Å². The Hall–Kier alpha value is -4.05. The van der Waals surface area contributed by atoms with Crippen LogP contribution in [0, 0.1) is 0 Å². The Morgan fingerprint density at radius 1 is 0.972 bits per heavy atom. The summed E-state index contributed by atoms with van der Waals surface area (Å²) in [6.07, 6.45) is 3.11. The van der Waals surface area contributed by atoms with E-state index in [1.165, 1.54) is 27.8 Å². The van der Waals surface area contributed by atoms with E-state index in [4.69, 9.17) is 25.5 Å². The first-order valence-electron chi connectivity index (χ1n) is 11.9. The second kappa shape index (κ2) is 11.1. The number of nitrogens with two attached hydrogens (primary N) is 1. The first-order valence-corrected chi connectivity index (χ1v) is 11.9. The van der Waals surface area contributed by atoms with Gasteiger partial charge in [-0.05, 0) is 48.9 Å². The molecule has 3 aromatic rings. The molecule has 1 atom stereocenters. The topological polar surface area (TPSA) is 143 Å². The number of H-pyrrole nitrogens is 1. The van der Waals surface area contributed by atoms with Gasteiger partial charge < -0.3 is 30.7 Å². The van der Waals surface area contributed by atoms with Crippen LogP contribution in [0.4, 0.5) is 11.4 Å². The van der Waals surface area contributed by atoms with Crippen molar-refractivity contribution in [3.05, 3.63) is 60.3 Å². The van der Waals surface area contributed by atoms with Crippen molar-refractivity contribution in [2.24, 2.45) is 5.73 Å². The van der Waals surface area contributed by atoms with Crippen LogP contribution >= 0.6 is 0 Å². The monoisotopic (exact) mass is 493 g/mol. The number of anilines is 2. The largest absolute Gasteiger partial charge is 0.473 e. The third-order valence-corrected chi connectivity index (χ3v) is 6.76. The summed E-state index contributed by atoms with van der Waals surface area (Å²) in [7, 11) is 0. The summed E-state index contributed by atoms with van der Waals surface area (Å²) in [5.74, 6) is -3.45. The SMILES string of the molecule is NC(=O)CN1CC(CCN2CCN(c3ccc4[nH]ccc4c3)CC2)c2ccccc21.O=C(O)C(=O)O. The fourth-order valence-corrected chi connectivity index (χ4v) is 4.97. The molecule has 1 amide bonds. The predicted octanol–water partition coefficient (Wildman–Crippen LogP) is 1.92. The van der Waals surface area contributed by atoms with Crippen molar-refractivity contribution in [2.75, 3.05) is 55.6 Å². The van der Waals surface area contributed by atoms with Crippen LogP contribution in [0.2, 0.25) is 0 Å². The molecule has 2 aliphatic heterocycles. The van der Waals surface area contributed by atoms with Crippen molar-refractivity contribution in [1.82, 2.24) is 9.88 Å². The Morgan fingerprint density at radius 2 is 1.69 bits per heavy atom. The number of carboxylic acids is 2. The van der Waals surface area contributed by atoms with Crippen molar-refractivity contribution in [2.45, 2.75) is 12.3 Å². The highest BCUT2D eigenvalue weighted by Crippen LogP contribution is 2.37. The zero-order chi connectivity index (χ0) is 25.7. The van der Waals surface area contributed by atoms with Gasteiger partial charge in [-0.25, -0.2) is 9.59 Å². The van der Waals surface area contributed by atoms with Crippen LogP contribution in [0.3, 0.4) is 0 Å². The van der Waals surface area contributed by atoms with Crippen molar-refractivity contribution in [3.63, 3.8) is 0 Å². The molecule has 0 saturated carbocycles. The molecule has 36 heavy (non-hydrogen) atoms. The van der Waals surface area contributed by atoms with Gasteiger partial charge in [0.05, 0.1) is 6.54 Å². The molecule has 190 valence electrons. The Bertz CT molecular complexity index is 1220. The van der Waals surface area contributed by atoms with E-state index < -0.39 is 11.9 Å². The number of nitrogens with one attached hydrogen (secondary N) is 1. The Kier molecular flexibility index (Phi) is 7.74. The number of carboxylic acid groups (broad SMARTS) is 2. The van der Waals surface area contributed by atoms with E-state index in [1.54, 1.807) is 0 Å². The maximum atomic E-state index is 11.4. The first-order chi connectivity index (χ1) is 17.3. The van der Waals surface area contributed by atoms with Crippen LogP contribution in [0.5, 0.6) is 0 Å². The number of carbonyl (C=O) groups excluding carboxylic acids is 1. The van der Waals surface area contributed by atoms with Crippen molar-refractivity contribution in [3.8, 4) is 0 Å². The van der Waals surface area contributed by atoms with Gasteiger partial charge in [-0.2, -0.15) is 0 Å². The minimum Gasteiger partial charge on any atom is -0.473 e. The number of fused-ring (bicyclic) bond motifs is 2. The number of para-hydroxylation sites is 1. The zero-order valence-electron chi connectivity index (χ0n) is 20.0. The molecule has 1 fully saturated rings. The lowest BCUT2D eigenvalue weighted by molar-refractivity contribution is -0.159. The Labute approximate surface area is 208 Å². The molecular formula is C26H31N5O5. The average molecular weight is 494 g/mol. The molecule has 10 nitrogen and oxygen atoms in total. The molecule has 0 aliphatic carbocycles. The number of aromatic nitrogens is 1. The molecule has 0 bridgehead atoms.